The second kappa shape index (κ2) is 11.0. The highest BCUT2D eigenvalue weighted by atomic mass is 35.5. The topological polar surface area (TPSA) is 130 Å². The maximum atomic E-state index is 12.0. The van der Waals surface area contributed by atoms with E-state index >= 15 is 0 Å². The third-order valence-electron chi connectivity index (χ3n) is 5.70. The van der Waals surface area contributed by atoms with E-state index < -0.39 is 0 Å². The summed E-state index contributed by atoms with van der Waals surface area (Å²) in [4.78, 5) is 26.4. The smallest absolute Gasteiger partial charge is 0.246 e. The number of nitrogens with one attached hydrogen (secondary N) is 2. The van der Waals surface area contributed by atoms with Gasteiger partial charge >= 0.3 is 0 Å². The average Bonchev–Trinajstić information content (AvgIpc) is 2.88. The zero-order valence-corrected chi connectivity index (χ0v) is 19.8. The minimum absolute atomic E-state index is 0.0422. The number of nitrogens with two attached hydrogens (primary N) is 1. The van der Waals surface area contributed by atoms with Gasteiger partial charge in [0, 0.05) is 30.9 Å². The summed E-state index contributed by atoms with van der Waals surface area (Å²) >= 11 is 6.46. The van der Waals surface area contributed by atoms with E-state index in [-0.39, 0.29) is 30.1 Å². The van der Waals surface area contributed by atoms with E-state index in [4.69, 9.17) is 27.5 Å². The summed E-state index contributed by atoms with van der Waals surface area (Å²) in [5, 5.41) is 12.5. The van der Waals surface area contributed by atoms with Crippen LogP contribution in [0.25, 0.3) is 0 Å². The summed E-state index contributed by atoms with van der Waals surface area (Å²) in [5.41, 5.74) is 7.98. The van der Waals surface area contributed by atoms with Gasteiger partial charge in [0.15, 0.2) is 0 Å². The zero-order chi connectivity index (χ0) is 24.8. The van der Waals surface area contributed by atoms with E-state index in [1.807, 2.05) is 18.2 Å². The molecule has 2 aromatic heterocycles. The van der Waals surface area contributed by atoms with Crippen molar-refractivity contribution in [3.63, 3.8) is 0 Å². The van der Waals surface area contributed by atoms with Gasteiger partial charge in [-0.05, 0) is 49.2 Å². The molecule has 0 bridgehead atoms. The number of rotatable bonds is 8. The van der Waals surface area contributed by atoms with Gasteiger partial charge in [-0.25, -0.2) is 9.97 Å². The summed E-state index contributed by atoms with van der Waals surface area (Å²) in [7, 11) is 0. The molecule has 0 aliphatic carbocycles. The molecule has 9 nitrogen and oxygen atoms in total. The summed E-state index contributed by atoms with van der Waals surface area (Å²) in [6.07, 6.45) is 6.07. The highest BCUT2D eigenvalue weighted by Crippen LogP contribution is 2.29. The van der Waals surface area contributed by atoms with Gasteiger partial charge < -0.3 is 20.7 Å². The zero-order valence-electron chi connectivity index (χ0n) is 19.1. The van der Waals surface area contributed by atoms with Gasteiger partial charge in [0.25, 0.3) is 0 Å². The molecule has 0 spiro atoms. The predicted octanol–water partition coefficient (Wildman–Crippen LogP) is 3.69. The number of nitrogens with zero attached hydrogens (tertiary/aromatic N) is 4. The Kier molecular flexibility index (Phi) is 7.57. The molecule has 35 heavy (non-hydrogen) atoms. The Labute approximate surface area is 208 Å². The van der Waals surface area contributed by atoms with E-state index in [1.165, 1.54) is 12.4 Å². The Morgan fingerprint density at radius 3 is 2.91 bits per heavy atom. The van der Waals surface area contributed by atoms with Crippen LogP contribution in [0.4, 0.5) is 11.6 Å². The van der Waals surface area contributed by atoms with Crippen LogP contribution in [0.1, 0.15) is 29.7 Å². The number of carbonyl (C=O) groups is 1. The number of hydrogen-bond acceptors (Lipinski definition) is 8. The largest absolute Gasteiger partial charge is 0.486 e. The van der Waals surface area contributed by atoms with Crippen LogP contribution < -0.4 is 15.8 Å². The second-order valence-electron chi connectivity index (χ2n) is 8.08. The van der Waals surface area contributed by atoms with Crippen molar-refractivity contribution in [3.05, 3.63) is 83.4 Å². The number of carbonyl (C=O) groups excluding carboxylic acids is 1. The first kappa shape index (κ1) is 24.2. The van der Waals surface area contributed by atoms with Gasteiger partial charge in [-0.1, -0.05) is 24.2 Å². The Balaban J connectivity index is 1.52. The number of likely N-dealkylation sites (tertiary alicyclic amines) is 1. The number of piperidine rings is 1. The molecule has 1 aliphatic rings. The van der Waals surface area contributed by atoms with Crippen LogP contribution in [-0.4, -0.2) is 50.6 Å². The number of halogens is 1. The molecular weight excluding hydrogens is 466 g/mol. The molecule has 0 radical (unpaired) electrons. The number of hydrogen-bond donors (Lipinski definition) is 3. The third kappa shape index (κ3) is 5.75. The van der Waals surface area contributed by atoms with Gasteiger partial charge in [0.1, 0.15) is 30.3 Å². The molecule has 3 heterocycles. The highest BCUT2D eigenvalue weighted by Gasteiger charge is 2.25. The maximum Gasteiger partial charge on any atom is 0.246 e. The van der Waals surface area contributed by atoms with Gasteiger partial charge in [0.2, 0.25) is 5.91 Å². The molecule has 1 aliphatic heterocycles. The standard InChI is InChI=1S/C25H26ClN7O2/c1-2-21(34)33-11-5-7-17(13-33)32-25-22(24(28)30-15-31-25)23(27)16-8-9-20(19(26)12-16)35-14-18-6-3-4-10-29-18/h2-4,6,8-10,12,15,17,27H,1,5,7,11,13-14H2,(H3,28,30,31,32)/t17-/m0/s1. The second-order valence-corrected chi connectivity index (χ2v) is 8.49. The molecule has 1 atom stereocenters. The summed E-state index contributed by atoms with van der Waals surface area (Å²) in [6.45, 7) is 5.04. The average molecular weight is 492 g/mol. The van der Waals surface area contributed by atoms with Crippen LogP contribution in [0.5, 0.6) is 5.75 Å². The molecule has 1 saturated heterocycles. The SMILES string of the molecule is C=CC(=O)N1CCC[C@H](Nc2ncnc(N)c2C(=N)c2ccc(OCc3ccccn3)c(Cl)c2)C1. The Hall–Kier alpha value is -3.98. The van der Waals surface area contributed by atoms with E-state index in [0.717, 1.165) is 18.5 Å². The highest BCUT2D eigenvalue weighted by molar-refractivity contribution is 6.32. The number of aromatic nitrogens is 3. The van der Waals surface area contributed by atoms with Crippen molar-refractivity contribution in [3.8, 4) is 5.75 Å². The molecule has 0 unspecified atom stereocenters. The lowest BCUT2D eigenvalue weighted by Gasteiger charge is -2.33. The lowest BCUT2D eigenvalue weighted by Crippen LogP contribution is -2.44. The number of benzene rings is 1. The molecule has 1 aromatic carbocycles. The van der Waals surface area contributed by atoms with Crippen molar-refractivity contribution in [1.29, 1.82) is 5.41 Å². The summed E-state index contributed by atoms with van der Waals surface area (Å²) in [6, 6.07) is 10.6. The molecule has 0 saturated carbocycles. The van der Waals surface area contributed by atoms with Crippen molar-refractivity contribution in [2.45, 2.75) is 25.5 Å². The Morgan fingerprint density at radius 2 is 2.17 bits per heavy atom. The molecule has 1 amide bonds. The van der Waals surface area contributed by atoms with Gasteiger partial charge in [-0.2, -0.15) is 0 Å². The number of ether oxygens (including phenoxy) is 1. The van der Waals surface area contributed by atoms with Crippen molar-refractivity contribution in [2.75, 3.05) is 24.1 Å². The van der Waals surface area contributed by atoms with Gasteiger partial charge in [-0.3, -0.25) is 15.2 Å². The lowest BCUT2D eigenvalue weighted by atomic mass is 10.0. The van der Waals surface area contributed by atoms with Gasteiger partial charge in [0.05, 0.1) is 22.0 Å². The number of pyridine rings is 1. The number of amides is 1. The summed E-state index contributed by atoms with van der Waals surface area (Å²) in [5.74, 6) is 0.992. The quantitative estimate of drug-likeness (QED) is 0.323. The van der Waals surface area contributed by atoms with E-state index in [9.17, 15) is 4.79 Å². The van der Waals surface area contributed by atoms with Crippen LogP contribution >= 0.6 is 11.6 Å². The normalized spacial score (nSPS) is 15.3. The predicted molar refractivity (Wildman–Crippen MR) is 136 cm³/mol. The van der Waals surface area contributed by atoms with Crippen LogP contribution in [0, 0.1) is 5.41 Å². The minimum Gasteiger partial charge on any atom is -0.486 e. The fourth-order valence-corrected chi connectivity index (χ4v) is 4.16. The molecule has 1 fully saturated rings. The first-order chi connectivity index (χ1) is 17.0. The van der Waals surface area contributed by atoms with Crippen LogP contribution in [0.15, 0.2) is 61.6 Å². The molecular formula is C25H26ClN7O2. The first-order valence-electron chi connectivity index (χ1n) is 11.2. The molecule has 3 aromatic rings. The van der Waals surface area contributed by atoms with Crippen LogP contribution in [0.2, 0.25) is 5.02 Å². The van der Waals surface area contributed by atoms with Gasteiger partial charge in [-0.15, -0.1) is 0 Å². The molecule has 180 valence electrons. The Morgan fingerprint density at radius 1 is 1.31 bits per heavy atom. The van der Waals surface area contributed by atoms with E-state index in [2.05, 4.69) is 26.8 Å². The fourth-order valence-electron chi connectivity index (χ4n) is 3.93. The van der Waals surface area contributed by atoms with E-state index in [1.54, 1.807) is 29.3 Å². The van der Waals surface area contributed by atoms with Crippen molar-refractivity contribution in [1.82, 2.24) is 19.9 Å². The van der Waals surface area contributed by atoms with Crippen LogP contribution in [0.3, 0.4) is 0 Å². The lowest BCUT2D eigenvalue weighted by molar-refractivity contribution is -0.127. The fraction of sp³-hybridized carbons (Fsp3) is 0.240. The Bertz CT molecular complexity index is 1240. The van der Waals surface area contributed by atoms with Crippen molar-refractivity contribution < 1.29 is 9.53 Å². The first-order valence-corrected chi connectivity index (χ1v) is 11.5. The minimum atomic E-state index is -0.105. The maximum absolute atomic E-state index is 12.0. The van der Waals surface area contributed by atoms with E-state index in [0.29, 0.717) is 40.8 Å². The molecule has 4 rings (SSSR count). The van der Waals surface area contributed by atoms with Crippen LogP contribution in [-0.2, 0) is 11.4 Å². The van der Waals surface area contributed by atoms with Crippen molar-refractivity contribution in [2.24, 2.45) is 0 Å². The summed E-state index contributed by atoms with van der Waals surface area (Å²) < 4.78 is 5.78. The third-order valence-corrected chi connectivity index (χ3v) is 5.99. The van der Waals surface area contributed by atoms with Crippen molar-refractivity contribution >= 4 is 34.9 Å². The number of anilines is 2. The molecule has 4 N–H and O–H groups in total. The monoisotopic (exact) mass is 491 g/mol. The molecule has 10 heteroatoms. The number of nitrogen functional groups attached to an aromatic ring is 1.